The molecule has 2 heterocycles. The highest BCUT2D eigenvalue weighted by Crippen LogP contribution is 2.45. The molecule has 1 nitrogen and oxygen atoms in total. The van der Waals surface area contributed by atoms with Crippen LogP contribution in [-0.2, 0) is 0 Å². The first-order valence-electron chi connectivity index (χ1n) is 14.3. The Morgan fingerprint density at radius 3 is 1.76 bits per heavy atom. The molecule has 10 aromatic rings. The Morgan fingerprint density at radius 1 is 0.357 bits per heavy atom. The lowest BCUT2D eigenvalue weighted by Gasteiger charge is -2.11. The Balaban J connectivity index is 1.28. The molecule has 0 saturated carbocycles. The van der Waals surface area contributed by atoms with Crippen molar-refractivity contribution in [1.82, 2.24) is 0 Å². The van der Waals surface area contributed by atoms with Gasteiger partial charge in [-0.2, -0.15) is 0 Å². The van der Waals surface area contributed by atoms with Gasteiger partial charge in [-0.25, -0.2) is 0 Å². The van der Waals surface area contributed by atoms with Crippen LogP contribution in [0, 0.1) is 0 Å². The average Bonchev–Trinajstić information content (AvgIpc) is 3.62. The van der Waals surface area contributed by atoms with Crippen LogP contribution in [0.5, 0.6) is 0 Å². The zero-order chi connectivity index (χ0) is 27.4. The van der Waals surface area contributed by atoms with Gasteiger partial charge in [0.25, 0.3) is 0 Å². The largest absolute Gasteiger partial charge is 0.456 e. The van der Waals surface area contributed by atoms with E-state index in [0.717, 1.165) is 11.2 Å². The summed E-state index contributed by atoms with van der Waals surface area (Å²) in [6.07, 6.45) is 0. The second-order valence-electron chi connectivity index (χ2n) is 11.2. The van der Waals surface area contributed by atoms with E-state index in [2.05, 4.69) is 133 Å². The minimum Gasteiger partial charge on any atom is -0.456 e. The average molecular weight is 551 g/mol. The van der Waals surface area contributed by atoms with Gasteiger partial charge in [-0.05, 0) is 91.3 Å². The number of fused-ring (bicyclic) bond motifs is 15. The molecule has 10 rings (SSSR count). The van der Waals surface area contributed by atoms with Crippen LogP contribution in [0.2, 0.25) is 0 Å². The zero-order valence-corrected chi connectivity index (χ0v) is 23.3. The first-order chi connectivity index (χ1) is 20.8. The minimum absolute atomic E-state index is 0.932. The molecule has 2 aromatic heterocycles. The van der Waals surface area contributed by atoms with E-state index in [1.54, 1.807) is 0 Å². The van der Waals surface area contributed by atoms with Crippen molar-refractivity contribution >= 4 is 96.5 Å². The minimum atomic E-state index is 0.932. The van der Waals surface area contributed by atoms with E-state index in [4.69, 9.17) is 4.42 Å². The molecular weight excluding hydrogens is 529 g/mol. The van der Waals surface area contributed by atoms with Crippen molar-refractivity contribution in [3.63, 3.8) is 0 Å². The van der Waals surface area contributed by atoms with Gasteiger partial charge in [0, 0.05) is 36.3 Å². The van der Waals surface area contributed by atoms with Gasteiger partial charge in [0.15, 0.2) is 0 Å². The number of hydrogen-bond donors (Lipinski definition) is 0. The highest BCUT2D eigenvalue weighted by Gasteiger charge is 2.18. The molecule has 0 radical (unpaired) electrons. The van der Waals surface area contributed by atoms with E-state index >= 15 is 0 Å². The molecule has 194 valence electrons. The lowest BCUT2D eigenvalue weighted by Crippen LogP contribution is -1.84. The van der Waals surface area contributed by atoms with Crippen molar-refractivity contribution < 1.29 is 4.42 Å². The summed E-state index contributed by atoms with van der Waals surface area (Å²) >= 11 is 1.86. The number of rotatable bonds is 1. The summed E-state index contributed by atoms with van der Waals surface area (Å²) < 4.78 is 9.20. The summed E-state index contributed by atoms with van der Waals surface area (Å²) in [6, 6.07) is 48.8. The predicted octanol–water partition coefficient (Wildman–Crippen LogP) is 12.2. The van der Waals surface area contributed by atoms with Crippen LogP contribution in [0.15, 0.2) is 138 Å². The van der Waals surface area contributed by atoms with Crippen LogP contribution in [0.25, 0.3) is 96.3 Å². The summed E-state index contributed by atoms with van der Waals surface area (Å²) in [5, 5.41) is 15.2. The van der Waals surface area contributed by atoms with Gasteiger partial charge in [0.1, 0.15) is 11.2 Å². The summed E-state index contributed by atoms with van der Waals surface area (Å²) in [6.45, 7) is 0. The first kappa shape index (κ1) is 22.5. The quantitative estimate of drug-likeness (QED) is 0.185. The monoisotopic (exact) mass is 550 g/mol. The summed E-state index contributed by atoms with van der Waals surface area (Å²) in [5.74, 6) is 0. The predicted molar refractivity (Wildman–Crippen MR) is 182 cm³/mol. The molecule has 0 aliphatic rings. The van der Waals surface area contributed by atoms with Gasteiger partial charge < -0.3 is 4.42 Å². The smallest absolute Gasteiger partial charge is 0.136 e. The maximum Gasteiger partial charge on any atom is 0.136 e. The molecule has 0 amide bonds. The standard InChI is InChI=1S/C40H22OS/c1-2-9-29-27(7-1)28-8-3-4-11-31(28)38-32(29)17-19-35-40(38)39-26-16-13-23(21-25(26)14-18-34(39)41-35)24-15-20-37-33(22-24)30-10-5-6-12-36(30)42-37/h1-22H. The number of hydrogen-bond acceptors (Lipinski definition) is 2. The Morgan fingerprint density at radius 2 is 0.929 bits per heavy atom. The van der Waals surface area contributed by atoms with E-state index in [1.165, 1.54) is 85.2 Å². The third-order valence-corrected chi connectivity index (χ3v) is 10.2. The fraction of sp³-hybridized carbons (Fsp3) is 0. The maximum atomic E-state index is 6.53. The van der Waals surface area contributed by atoms with Crippen molar-refractivity contribution in [3.05, 3.63) is 133 Å². The molecular formula is C40H22OS. The lowest BCUT2D eigenvalue weighted by atomic mass is 9.91. The molecule has 0 bridgehead atoms. The number of furan rings is 1. The van der Waals surface area contributed by atoms with E-state index in [0.29, 0.717) is 0 Å². The third-order valence-electron chi connectivity index (χ3n) is 9.03. The fourth-order valence-corrected chi connectivity index (χ4v) is 8.25. The van der Waals surface area contributed by atoms with E-state index in [9.17, 15) is 0 Å². The van der Waals surface area contributed by atoms with Crippen molar-refractivity contribution in [1.29, 1.82) is 0 Å². The molecule has 0 spiro atoms. The highest BCUT2D eigenvalue weighted by atomic mass is 32.1. The van der Waals surface area contributed by atoms with Crippen LogP contribution >= 0.6 is 11.3 Å². The second-order valence-corrected chi connectivity index (χ2v) is 12.3. The van der Waals surface area contributed by atoms with Crippen LogP contribution < -0.4 is 0 Å². The van der Waals surface area contributed by atoms with Crippen LogP contribution in [0.1, 0.15) is 0 Å². The Labute approximate surface area is 244 Å². The van der Waals surface area contributed by atoms with Gasteiger partial charge in [-0.15, -0.1) is 11.3 Å². The number of benzene rings is 8. The first-order valence-corrected chi connectivity index (χ1v) is 15.2. The highest BCUT2D eigenvalue weighted by molar-refractivity contribution is 7.25. The normalized spacial score (nSPS) is 12.3. The van der Waals surface area contributed by atoms with Gasteiger partial charge in [0.05, 0.1) is 0 Å². The van der Waals surface area contributed by atoms with Crippen molar-refractivity contribution in [2.24, 2.45) is 0 Å². The third kappa shape index (κ3) is 2.97. The van der Waals surface area contributed by atoms with Crippen LogP contribution in [0.3, 0.4) is 0 Å². The molecule has 2 heteroatoms. The summed E-state index contributed by atoms with van der Waals surface area (Å²) in [5.41, 5.74) is 4.34. The van der Waals surface area contributed by atoms with Gasteiger partial charge in [-0.3, -0.25) is 0 Å². The van der Waals surface area contributed by atoms with Crippen LogP contribution in [-0.4, -0.2) is 0 Å². The maximum absolute atomic E-state index is 6.53. The zero-order valence-electron chi connectivity index (χ0n) is 22.5. The summed E-state index contributed by atoms with van der Waals surface area (Å²) in [7, 11) is 0. The van der Waals surface area contributed by atoms with Gasteiger partial charge in [0.2, 0.25) is 0 Å². The molecule has 8 aromatic carbocycles. The van der Waals surface area contributed by atoms with E-state index in [1.807, 2.05) is 11.3 Å². The van der Waals surface area contributed by atoms with Crippen molar-refractivity contribution in [2.75, 3.05) is 0 Å². The molecule has 0 fully saturated rings. The molecule has 0 atom stereocenters. The summed E-state index contributed by atoms with van der Waals surface area (Å²) in [4.78, 5) is 0. The van der Waals surface area contributed by atoms with Gasteiger partial charge in [-0.1, -0.05) is 91.0 Å². The van der Waals surface area contributed by atoms with Crippen molar-refractivity contribution in [2.45, 2.75) is 0 Å². The van der Waals surface area contributed by atoms with E-state index in [-0.39, 0.29) is 0 Å². The van der Waals surface area contributed by atoms with Gasteiger partial charge >= 0.3 is 0 Å². The van der Waals surface area contributed by atoms with E-state index < -0.39 is 0 Å². The molecule has 0 saturated heterocycles. The number of thiophene rings is 1. The Hall–Kier alpha value is -5.18. The molecule has 0 N–H and O–H groups in total. The lowest BCUT2D eigenvalue weighted by molar-refractivity contribution is 0.669. The Kier molecular flexibility index (Phi) is 4.39. The molecule has 42 heavy (non-hydrogen) atoms. The molecule has 0 aliphatic carbocycles. The van der Waals surface area contributed by atoms with Crippen molar-refractivity contribution in [3.8, 4) is 11.1 Å². The van der Waals surface area contributed by atoms with Crippen LogP contribution in [0.4, 0.5) is 0 Å². The fourth-order valence-electron chi connectivity index (χ4n) is 7.17. The Bertz CT molecular complexity index is 2710. The second kappa shape index (κ2) is 8.19. The SMILES string of the molecule is c1ccc2c(c1)sc1ccc(-c3ccc4c(ccc5oc6ccc7c8ccccc8c8ccccc8c7c6c54)c3)cc12. The topological polar surface area (TPSA) is 13.1 Å². The molecule has 0 unspecified atom stereocenters. The molecule has 0 aliphatic heterocycles.